The van der Waals surface area contributed by atoms with E-state index in [1.807, 2.05) is 0 Å². The summed E-state index contributed by atoms with van der Waals surface area (Å²) in [4.78, 5) is 5.58. The van der Waals surface area contributed by atoms with E-state index in [0.717, 1.165) is 5.69 Å². The van der Waals surface area contributed by atoms with Gasteiger partial charge in [-0.1, -0.05) is 0 Å². The Hall–Kier alpha value is -1.63. The van der Waals surface area contributed by atoms with Gasteiger partial charge in [0.25, 0.3) is 0 Å². The Balaban J connectivity index is 2.30. The molecule has 0 unspecified atom stereocenters. The summed E-state index contributed by atoms with van der Waals surface area (Å²) < 4.78 is 4.86. The first kappa shape index (κ1) is 11.4. The third-order valence-corrected chi connectivity index (χ3v) is 1.67. The van der Waals surface area contributed by atoms with Crippen molar-refractivity contribution < 1.29 is 4.74 Å². The molecule has 7 nitrogen and oxygen atoms in total. The van der Waals surface area contributed by atoms with E-state index in [1.165, 1.54) is 4.80 Å². The average molecular weight is 212 g/mol. The highest BCUT2D eigenvalue weighted by Gasteiger charge is 1.96. The number of aryl methyl sites for hydroxylation is 1. The standard InChI is InChI=1S/C8H16N6O/c1-14-12-6-7(13-14)5-11-8(9)10-3-4-15-2/h6H,3-5H2,1-2H3,(H3,9,10,11). The summed E-state index contributed by atoms with van der Waals surface area (Å²) in [5.41, 5.74) is 6.38. The van der Waals surface area contributed by atoms with Gasteiger partial charge >= 0.3 is 0 Å². The van der Waals surface area contributed by atoms with E-state index in [9.17, 15) is 0 Å². The maximum absolute atomic E-state index is 5.60. The topological polar surface area (TPSA) is 90.4 Å². The average Bonchev–Trinajstić information content (AvgIpc) is 2.62. The third-order valence-electron chi connectivity index (χ3n) is 1.67. The van der Waals surface area contributed by atoms with Gasteiger partial charge in [-0.2, -0.15) is 15.0 Å². The summed E-state index contributed by atoms with van der Waals surface area (Å²) in [6.45, 7) is 1.67. The van der Waals surface area contributed by atoms with Crippen molar-refractivity contribution in [3.05, 3.63) is 11.9 Å². The molecule has 0 aliphatic carbocycles. The number of hydrogen-bond acceptors (Lipinski definition) is 4. The molecule has 3 N–H and O–H groups in total. The monoisotopic (exact) mass is 212 g/mol. The number of nitrogens with one attached hydrogen (secondary N) is 1. The van der Waals surface area contributed by atoms with E-state index >= 15 is 0 Å². The molecule has 0 spiro atoms. The first-order valence-corrected chi connectivity index (χ1v) is 4.60. The van der Waals surface area contributed by atoms with Crippen LogP contribution < -0.4 is 11.1 Å². The smallest absolute Gasteiger partial charge is 0.189 e. The Morgan fingerprint density at radius 1 is 1.73 bits per heavy atom. The molecule has 1 aromatic rings. The zero-order valence-electron chi connectivity index (χ0n) is 8.97. The van der Waals surface area contributed by atoms with Crippen molar-refractivity contribution in [1.82, 2.24) is 20.3 Å². The maximum Gasteiger partial charge on any atom is 0.189 e. The minimum atomic E-state index is 0.387. The molecule has 0 aliphatic rings. The highest BCUT2D eigenvalue weighted by molar-refractivity contribution is 5.77. The summed E-state index contributed by atoms with van der Waals surface area (Å²) in [5, 5.41) is 10.9. The van der Waals surface area contributed by atoms with Crippen LogP contribution >= 0.6 is 0 Å². The van der Waals surface area contributed by atoms with Crippen LogP contribution in [0.3, 0.4) is 0 Å². The van der Waals surface area contributed by atoms with Gasteiger partial charge in [0.15, 0.2) is 5.96 Å². The minimum Gasteiger partial charge on any atom is -0.383 e. The molecule has 1 heterocycles. The molecule has 7 heteroatoms. The molecule has 15 heavy (non-hydrogen) atoms. The van der Waals surface area contributed by atoms with Crippen molar-refractivity contribution in [3.63, 3.8) is 0 Å². The molecule has 0 saturated carbocycles. The number of ether oxygens (including phenoxy) is 1. The molecule has 0 aliphatic heterocycles. The van der Waals surface area contributed by atoms with E-state index in [-0.39, 0.29) is 0 Å². The van der Waals surface area contributed by atoms with Crippen LogP contribution in [0.5, 0.6) is 0 Å². The van der Waals surface area contributed by atoms with E-state index in [2.05, 4.69) is 20.5 Å². The van der Waals surface area contributed by atoms with E-state index in [1.54, 1.807) is 20.4 Å². The maximum atomic E-state index is 5.60. The number of nitrogens with two attached hydrogens (primary N) is 1. The van der Waals surface area contributed by atoms with Crippen LogP contribution in [0.4, 0.5) is 0 Å². The number of rotatable bonds is 5. The molecular weight excluding hydrogens is 196 g/mol. The summed E-state index contributed by atoms with van der Waals surface area (Å²) in [6.07, 6.45) is 1.66. The van der Waals surface area contributed by atoms with Crippen LogP contribution in [0, 0.1) is 0 Å². The number of aromatic nitrogens is 3. The molecule has 0 atom stereocenters. The molecule has 0 bridgehead atoms. The van der Waals surface area contributed by atoms with Gasteiger partial charge in [-0.25, -0.2) is 4.99 Å². The predicted octanol–water partition coefficient (Wildman–Crippen LogP) is -1.13. The Morgan fingerprint density at radius 3 is 3.13 bits per heavy atom. The van der Waals surface area contributed by atoms with Gasteiger partial charge in [-0.05, 0) is 0 Å². The van der Waals surface area contributed by atoms with Crippen LogP contribution in [0.1, 0.15) is 5.69 Å². The van der Waals surface area contributed by atoms with Gasteiger partial charge in [0.1, 0.15) is 5.69 Å². The number of hydrogen-bond donors (Lipinski definition) is 2. The molecule has 0 aromatic carbocycles. The lowest BCUT2D eigenvalue weighted by Crippen LogP contribution is -2.34. The van der Waals surface area contributed by atoms with Crippen LogP contribution in [-0.4, -0.2) is 41.2 Å². The van der Waals surface area contributed by atoms with Gasteiger partial charge in [0.2, 0.25) is 0 Å². The molecule has 1 rings (SSSR count). The van der Waals surface area contributed by atoms with Crippen LogP contribution in [0.25, 0.3) is 0 Å². The van der Waals surface area contributed by atoms with Crippen molar-refractivity contribution in [2.45, 2.75) is 6.54 Å². The highest BCUT2D eigenvalue weighted by atomic mass is 16.5. The Kier molecular flexibility index (Phi) is 4.55. The summed E-state index contributed by atoms with van der Waals surface area (Å²) in [5.74, 6) is 0.387. The second kappa shape index (κ2) is 5.97. The number of aliphatic imine (C=N–C) groups is 1. The second-order valence-electron chi connectivity index (χ2n) is 2.95. The van der Waals surface area contributed by atoms with Crippen LogP contribution in [0.15, 0.2) is 11.2 Å². The number of methoxy groups -OCH3 is 1. The number of guanidine groups is 1. The van der Waals surface area contributed by atoms with Crippen molar-refractivity contribution in [2.24, 2.45) is 17.8 Å². The largest absolute Gasteiger partial charge is 0.383 e. The van der Waals surface area contributed by atoms with E-state index in [0.29, 0.717) is 25.7 Å². The molecule has 0 radical (unpaired) electrons. The predicted molar refractivity (Wildman–Crippen MR) is 56.2 cm³/mol. The van der Waals surface area contributed by atoms with Crippen molar-refractivity contribution >= 4 is 5.96 Å². The molecule has 84 valence electrons. The molecule has 0 saturated heterocycles. The summed E-state index contributed by atoms with van der Waals surface area (Å²) in [6, 6.07) is 0. The lowest BCUT2D eigenvalue weighted by Gasteiger charge is -2.03. The van der Waals surface area contributed by atoms with Crippen LogP contribution in [0.2, 0.25) is 0 Å². The molecule has 0 fully saturated rings. The Morgan fingerprint density at radius 2 is 2.53 bits per heavy atom. The lowest BCUT2D eigenvalue weighted by atomic mass is 10.5. The van der Waals surface area contributed by atoms with E-state index < -0.39 is 0 Å². The SMILES string of the molecule is COCCNC(N)=NCc1cnn(C)n1. The fraction of sp³-hybridized carbons (Fsp3) is 0.625. The van der Waals surface area contributed by atoms with Gasteiger partial charge in [-0.3, -0.25) is 0 Å². The van der Waals surface area contributed by atoms with Gasteiger partial charge in [0.05, 0.1) is 19.3 Å². The molecule has 1 aromatic heterocycles. The molecular formula is C8H16N6O. The van der Waals surface area contributed by atoms with E-state index in [4.69, 9.17) is 10.5 Å². The summed E-state index contributed by atoms with van der Waals surface area (Å²) >= 11 is 0. The minimum absolute atomic E-state index is 0.387. The Bertz CT molecular complexity index is 321. The van der Waals surface area contributed by atoms with Crippen molar-refractivity contribution in [3.8, 4) is 0 Å². The fourth-order valence-corrected chi connectivity index (χ4v) is 0.963. The third kappa shape index (κ3) is 4.41. The lowest BCUT2D eigenvalue weighted by molar-refractivity contribution is 0.204. The number of nitrogens with zero attached hydrogens (tertiary/aromatic N) is 4. The van der Waals surface area contributed by atoms with Gasteiger partial charge < -0.3 is 15.8 Å². The van der Waals surface area contributed by atoms with Gasteiger partial charge in [0, 0.05) is 20.7 Å². The zero-order valence-corrected chi connectivity index (χ0v) is 8.97. The van der Waals surface area contributed by atoms with Gasteiger partial charge in [-0.15, -0.1) is 0 Å². The Labute approximate surface area is 88.3 Å². The second-order valence-corrected chi connectivity index (χ2v) is 2.95. The fourth-order valence-electron chi connectivity index (χ4n) is 0.963. The zero-order chi connectivity index (χ0) is 11.1. The van der Waals surface area contributed by atoms with Crippen molar-refractivity contribution in [1.29, 1.82) is 0 Å². The summed E-state index contributed by atoms with van der Waals surface area (Å²) in [7, 11) is 3.39. The first-order valence-electron chi connectivity index (χ1n) is 4.60. The molecule has 0 amide bonds. The highest BCUT2D eigenvalue weighted by Crippen LogP contribution is 1.92. The normalized spacial score (nSPS) is 11.7. The first-order chi connectivity index (χ1) is 7.22. The van der Waals surface area contributed by atoms with Crippen LogP contribution in [-0.2, 0) is 18.3 Å². The quantitative estimate of drug-likeness (QED) is 0.366. The van der Waals surface area contributed by atoms with Crippen molar-refractivity contribution in [2.75, 3.05) is 20.3 Å².